The van der Waals surface area contributed by atoms with Crippen molar-refractivity contribution in [2.75, 3.05) is 0 Å². The molecule has 40 heavy (non-hydrogen) atoms. The standard InChI is InChI=1S/C36H26O4/c37-34(24-14-4-1-5-15-24)39-32-31-27-20-10-12-22-29(27)36(26-18-8-3-9-19-26,30-23-13-11-21-28(30)31)33(32)40-35(38)25-16-6-2-7-17-25/h1-23,31-33H. The van der Waals surface area contributed by atoms with Gasteiger partial charge >= 0.3 is 11.9 Å². The van der Waals surface area contributed by atoms with Crippen molar-refractivity contribution in [3.8, 4) is 0 Å². The van der Waals surface area contributed by atoms with Crippen molar-refractivity contribution in [1.82, 2.24) is 0 Å². The largest absolute Gasteiger partial charge is 0.454 e. The molecule has 5 aromatic carbocycles. The summed E-state index contributed by atoms with van der Waals surface area (Å²) in [5.41, 5.74) is 5.24. The van der Waals surface area contributed by atoms with Crippen LogP contribution in [0.5, 0.6) is 0 Å². The molecule has 8 rings (SSSR count). The van der Waals surface area contributed by atoms with Gasteiger partial charge in [-0.05, 0) is 52.1 Å². The molecular weight excluding hydrogens is 496 g/mol. The highest BCUT2D eigenvalue weighted by atomic mass is 16.6. The summed E-state index contributed by atoms with van der Waals surface area (Å²) >= 11 is 0. The van der Waals surface area contributed by atoms with Gasteiger partial charge in [0, 0.05) is 0 Å². The van der Waals surface area contributed by atoms with Crippen molar-refractivity contribution >= 4 is 11.9 Å². The molecule has 194 valence electrons. The fourth-order valence-corrected chi connectivity index (χ4v) is 6.63. The molecule has 0 saturated carbocycles. The monoisotopic (exact) mass is 522 g/mol. The molecule has 0 amide bonds. The highest BCUT2D eigenvalue weighted by molar-refractivity contribution is 5.91. The molecule has 0 radical (unpaired) electrons. The summed E-state index contributed by atoms with van der Waals surface area (Å²) in [6.07, 6.45) is -1.57. The normalized spacial score (nSPS) is 22.1. The summed E-state index contributed by atoms with van der Waals surface area (Å²) in [5, 5.41) is 0. The summed E-state index contributed by atoms with van der Waals surface area (Å²) in [6, 6.07) is 44.6. The predicted octanol–water partition coefficient (Wildman–Crippen LogP) is 6.93. The Bertz CT molecular complexity index is 1650. The number of hydrogen-bond donors (Lipinski definition) is 0. The average molecular weight is 523 g/mol. The molecule has 0 saturated heterocycles. The lowest BCUT2D eigenvalue weighted by atomic mass is 9.50. The highest BCUT2D eigenvalue weighted by Crippen LogP contribution is 2.60. The maximum atomic E-state index is 13.7. The topological polar surface area (TPSA) is 52.6 Å². The Labute approximate surface area is 232 Å². The van der Waals surface area contributed by atoms with Crippen LogP contribution in [0.25, 0.3) is 0 Å². The number of rotatable bonds is 5. The Kier molecular flexibility index (Phi) is 5.82. The second-order valence-electron chi connectivity index (χ2n) is 10.3. The third-order valence-corrected chi connectivity index (χ3v) is 8.22. The van der Waals surface area contributed by atoms with E-state index in [4.69, 9.17) is 9.47 Å². The van der Waals surface area contributed by atoms with Gasteiger partial charge in [0.1, 0.15) is 0 Å². The van der Waals surface area contributed by atoms with Crippen LogP contribution in [0.2, 0.25) is 0 Å². The predicted molar refractivity (Wildman–Crippen MR) is 152 cm³/mol. The summed E-state index contributed by atoms with van der Waals surface area (Å²) < 4.78 is 12.9. The molecule has 4 nitrogen and oxygen atoms in total. The zero-order chi connectivity index (χ0) is 27.1. The molecule has 0 N–H and O–H groups in total. The van der Waals surface area contributed by atoms with Gasteiger partial charge in [-0.1, -0.05) is 115 Å². The van der Waals surface area contributed by atoms with Crippen LogP contribution in [0.15, 0.2) is 140 Å². The minimum Gasteiger partial charge on any atom is -0.454 e. The average Bonchev–Trinajstić information content (AvgIpc) is 3.03. The van der Waals surface area contributed by atoms with Gasteiger partial charge in [0.2, 0.25) is 0 Å². The number of carbonyl (C=O) groups is 2. The van der Waals surface area contributed by atoms with Crippen LogP contribution in [0, 0.1) is 0 Å². The second kappa shape index (κ2) is 9.65. The number of esters is 2. The van der Waals surface area contributed by atoms with Crippen molar-refractivity contribution < 1.29 is 19.1 Å². The molecule has 3 aliphatic carbocycles. The van der Waals surface area contributed by atoms with Gasteiger partial charge in [-0.3, -0.25) is 0 Å². The molecular formula is C36H26O4. The van der Waals surface area contributed by atoms with E-state index >= 15 is 0 Å². The lowest BCUT2D eigenvalue weighted by molar-refractivity contribution is -0.0692. The van der Waals surface area contributed by atoms with E-state index in [-0.39, 0.29) is 5.92 Å². The van der Waals surface area contributed by atoms with Crippen LogP contribution in [-0.2, 0) is 14.9 Å². The summed E-state index contributed by atoms with van der Waals surface area (Å²) in [7, 11) is 0. The Hall–Kier alpha value is -4.96. The van der Waals surface area contributed by atoms with Gasteiger partial charge in [0.05, 0.1) is 22.5 Å². The molecule has 0 aliphatic heterocycles. The van der Waals surface area contributed by atoms with E-state index in [1.807, 2.05) is 78.9 Å². The number of hydrogen-bond acceptors (Lipinski definition) is 4. The number of benzene rings is 5. The summed E-state index contributed by atoms with van der Waals surface area (Å²) in [6.45, 7) is 0. The third kappa shape index (κ3) is 3.60. The van der Waals surface area contributed by atoms with E-state index in [1.165, 1.54) is 0 Å². The Morgan fingerprint density at radius 2 is 0.925 bits per heavy atom. The Morgan fingerprint density at radius 3 is 1.45 bits per heavy atom. The summed E-state index contributed by atoms with van der Waals surface area (Å²) in [4.78, 5) is 27.3. The molecule has 0 heterocycles. The summed E-state index contributed by atoms with van der Waals surface area (Å²) in [5.74, 6) is -1.21. The van der Waals surface area contributed by atoms with Crippen LogP contribution in [0.1, 0.15) is 54.5 Å². The lowest BCUT2D eigenvalue weighted by Crippen LogP contribution is -2.61. The molecule has 3 aliphatic rings. The first-order chi connectivity index (χ1) is 19.7. The van der Waals surface area contributed by atoms with E-state index in [0.717, 1.165) is 27.8 Å². The number of fused-ring (bicyclic) bond motifs is 1. The van der Waals surface area contributed by atoms with E-state index < -0.39 is 29.6 Å². The van der Waals surface area contributed by atoms with E-state index in [9.17, 15) is 9.59 Å². The molecule has 0 aromatic heterocycles. The minimum absolute atomic E-state index is 0.306. The third-order valence-electron chi connectivity index (χ3n) is 8.22. The first-order valence-corrected chi connectivity index (χ1v) is 13.5. The maximum absolute atomic E-state index is 13.7. The fraction of sp³-hybridized carbons (Fsp3) is 0.111. The molecule has 2 bridgehead atoms. The molecule has 4 heteroatoms. The zero-order valence-corrected chi connectivity index (χ0v) is 21.6. The Balaban J connectivity index is 1.48. The lowest BCUT2D eigenvalue weighted by Gasteiger charge is -2.56. The van der Waals surface area contributed by atoms with E-state index in [1.54, 1.807) is 24.3 Å². The van der Waals surface area contributed by atoms with Crippen molar-refractivity contribution in [2.24, 2.45) is 0 Å². The van der Waals surface area contributed by atoms with Gasteiger partial charge < -0.3 is 9.47 Å². The Morgan fingerprint density at radius 1 is 0.500 bits per heavy atom. The van der Waals surface area contributed by atoms with Crippen molar-refractivity contribution in [3.05, 3.63) is 178 Å². The van der Waals surface area contributed by atoms with Crippen LogP contribution in [0.3, 0.4) is 0 Å². The first kappa shape index (κ1) is 24.1. The molecule has 5 aromatic rings. The van der Waals surface area contributed by atoms with E-state index in [0.29, 0.717) is 11.1 Å². The molecule has 2 atom stereocenters. The van der Waals surface area contributed by atoms with E-state index in [2.05, 4.69) is 36.4 Å². The van der Waals surface area contributed by atoms with Crippen LogP contribution in [-0.4, -0.2) is 24.1 Å². The van der Waals surface area contributed by atoms with Crippen molar-refractivity contribution in [2.45, 2.75) is 23.5 Å². The van der Waals surface area contributed by atoms with Crippen LogP contribution >= 0.6 is 0 Å². The molecule has 0 fully saturated rings. The zero-order valence-electron chi connectivity index (χ0n) is 21.6. The van der Waals surface area contributed by atoms with Gasteiger partial charge in [-0.2, -0.15) is 0 Å². The van der Waals surface area contributed by atoms with Gasteiger partial charge in [-0.15, -0.1) is 0 Å². The van der Waals surface area contributed by atoms with Gasteiger partial charge in [-0.25, -0.2) is 9.59 Å². The van der Waals surface area contributed by atoms with Crippen LogP contribution < -0.4 is 0 Å². The van der Waals surface area contributed by atoms with Crippen LogP contribution in [0.4, 0.5) is 0 Å². The quantitative estimate of drug-likeness (QED) is 0.235. The maximum Gasteiger partial charge on any atom is 0.338 e. The smallest absolute Gasteiger partial charge is 0.338 e. The SMILES string of the molecule is O=C(OC1C2c3ccccc3C(c3ccccc3)(c3ccccc32)C1OC(=O)c1ccccc1)c1ccccc1. The minimum atomic E-state index is -0.894. The molecule has 2 unspecified atom stereocenters. The van der Waals surface area contributed by atoms with Crippen molar-refractivity contribution in [3.63, 3.8) is 0 Å². The fourth-order valence-electron chi connectivity index (χ4n) is 6.63. The molecule has 0 spiro atoms. The van der Waals surface area contributed by atoms with Gasteiger partial charge in [0.15, 0.2) is 12.2 Å². The second-order valence-corrected chi connectivity index (χ2v) is 10.3. The van der Waals surface area contributed by atoms with Gasteiger partial charge in [0.25, 0.3) is 0 Å². The van der Waals surface area contributed by atoms with Crippen molar-refractivity contribution in [1.29, 1.82) is 0 Å². The highest BCUT2D eigenvalue weighted by Gasteiger charge is 2.63. The number of ether oxygens (including phenoxy) is 2. The number of carbonyl (C=O) groups excluding carboxylic acids is 2. The first-order valence-electron chi connectivity index (χ1n) is 13.5.